The van der Waals surface area contributed by atoms with Gasteiger partial charge in [0.15, 0.2) is 0 Å². The first-order valence-electron chi connectivity index (χ1n) is 10.8. The minimum absolute atomic E-state index is 0.184. The van der Waals surface area contributed by atoms with E-state index < -0.39 is 0 Å². The third-order valence-electron chi connectivity index (χ3n) is 5.41. The second kappa shape index (κ2) is 9.80. The predicted octanol–water partition coefficient (Wildman–Crippen LogP) is 3.65. The van der Waals surface area contributed by atoms with E-state index in [4.69, 9.17) is 14.5 Å². The first kappa shape index (κ1) is 22.3. The number of rotatable bonds is 6. The molecule has 1 fully saturated rings. The van der Waals surface area contributed by atoms with Gasteiger partial charge in [0.1, 0.15) is 11.5 Å². The van der Waals surface area contributed by atoms with Crippen LogP contribution in [0.2, 0.25) is 0 Å². The minimum atomic E-state index is -0.316. The van der Waals surface area contributed by atoms with Crippen molar-refractivity contribution in [1.82, 2.24) is 25.1 Å². The summed E-state index contributed by atoms with van der Waals surface area (Å²) in [5, 5.41) is 9.31. The van der Waals surface area contributed by atoms with Crippen LogP contribution < -0.4 is 5.32 Å². The monoisotopic (exact) mass is 479 g/mol. The molecule has 1 aliphatic heterocycles. The third-order valence-corrected chi connectivity index (χ3v) is 6.29. The van der Waals surface area contributed by atoms with Crippen LogP contribution in [-0.4, -0.2) is 58.1 Å². The smallest absolute Gasteiger partial charge is 0.255 e. The lowest BCUT2D eigenvalue weighted by molar-refractivity contribution is -0.0855. The van der Waals surface area contributed by atoms with Gasteiger partial charge < -0.3 is 14.8 Å². The van der Waals surface area contributed by atoms with E-state index in [1.54, 1.807) is 23.0 Å². The first-order valence-corrected chi connectivity index (χ1v) is 11.7. The van der Waals surface area contributed by atoms with Gasteiger partial charge in [-0.1, -0.05) is 6.07 Å². The number of carbonyl (C=O) groups excluding carboxylic acids is 1. The van der Waals surface area contributed by atoms with E-state index in [0.717, 1.165) is 16.0 Å². The molecule has 4 heterocycles. The molecule has 0 aliphatic carbocycles. The summed E-state index contributed by atoms with van der Waals surface area (Å²) in [6.45, 7) is 3.75. The fourth-order valence-electron chi connectivity index (χ4n) is 3.71. The van der Waals surface area contributed by atoms with Gasteiger partial charge in [0.25, 0.3) is 11.9 Å². The summed E-state index contributed by atoms with van der Waals surface area (Å²) in [5.74, 6) is -0.269. The van der Waals surface area contributed by atoms with Crippen LogP contribution in [0.5, 0.6) is 0 Å². The summed E-state index contributed by atoms with van der Waals surface area (Å²) >= 11 is 1.49. The number of thiophene rings is 1. The lowest BCUT2D eigenvalue weighted by Crippen LogP contribution is -2.39. The van der Waals surface area contributed by atoms with Crippen LogP contribution in [0, 0.1) is 12.7 Å². The normalized spacial score (nSPS) is 15.9. The number of hydrogen-bond acceptors (Lipinski definition) is 7. The molecule has 0 radical (unpaired) electrons. The zero-order valence-corrected chi connectivity index (χ0v) is 19.2. The number of hydrogen-bond donors (Lipinski definition) is 1. The molecule has 4 aromatic rings. The first-order chi connectivity index (χ1) is 16.6. The minimum Gasteiger partial charge on any atom is -0.376 e. The molecule has 1 aromatic carbocycles. The Bertz CT molecular complexity index is 1280. The molecule has 0 spiro atoms. The zero-order valence-electron chi connectivity index (χ0n) is 18.4. The number of aromatic nitrogens is 4. The maximum absolute atomic E-state index is 13.4. The third kappa shape index (κ3) is 4.60. The van der Waals surface area contributed by atoms with Gasteiger partial charge >= 0.3 is 0 Å². The highest BCUT2D eigenvalue weighted by atomic mass is 32.1. The van der Waals surface area contributed by atoms with Gasteiger partial charge in [0, 0.05) is 18.3 Å². The highest BCUT2D eigenvalue weighted by molar-refractivity contribution is 7.13. The molecule has 1 N–H and O–H groups in total. The molecule has 0 unspecified atom stereocenters. The Morgan fingerprint density at radius 1 is 1.24 bits per heavy atom. The zero-order chi connectivity index (χ0) is 23.5. The lowest BCUT2D eigenvalue weighted by Gasteiger charge is -2.23. The fraction of sp³-hybridized carbons (Fsp3) is 0.250. The highest BCUT2D eigenvalue weighted by Gasteiger charge is 2.24. The van der Waals surface area contributed by atoms with Gasteiger partial charge in [-0.3, -0.25) is 4.79 Å². The fourth-order valence-corrected chi connectivity index (χ4v) is 4.48. The number of carbonyl (C=O) groups is 1. The van der Waals surface area contributed by atoms with Crippen LogP contribution in [-0.2, 0) is 9.47 Å². The van der Waals surface area contributed by atoms with Crippen molar-refractivity contribution in [2.75, 3.05) is 26.4 Å². The van der Waals surface area contributed by atoms with E-state index in [9.17, 15) is 9.18 Å². The van der Waals surface area contributed by atoms with Crippen LogP contribution in [0.3, 0.4) is 0 Å². The molecule has 10 heteroatoms. The molecule has 1 atom stereocenters. The Hall–Kier alpha value is -3.47. The Morgan fingerprint density at radius 2 is 2.09 bits per heavy atom. The molecule has 174 valence electrons. The summed E-state index contributed by atoms with van der Waals surface area (Å²) in [4.78, 5) is 23.1. The number of benzene rings is 1. The van der Waals surface area contributed by atoms with Gasteiger partial charge in [0.05, 0.1) is 48.3 Å². The molecule has 3 aromatic heterocycles. The summed E-state index contributed by atoms with van der Waals surface area (Å²) in [5.41, 5.74) is 3.28. The van der Waals surface area contributed by atoms with E-state index in [2.05, 4.69) is 15.4 Å². The van der Waals surface area contributed by atoms with Crippen molar-refractivity contribution in [1.29, 1.82) is 0 Å². The van der Waals surface area contributed by atoms with Crippen LogP contribution in [0.15, 0.2) is 54.2 Å². The van der Waals surface area contributed by atoms with Crippen LogP contribution in [0.4, 0.5) is 4.39 Å². The number of halogens is 1. The summed E-state index contributed by atoms with van der Waals surface area (Å²) < 4.78 is 26.0. The van der Waals surface area contributed by atoms with Gasteiger partial charge in [-0.25, -0.2) is 14.4 Å². The van der Waals surface area contributed by atoms with Crippen molar-refractivity contribution in [2.45, 2.75) is 13.0 Å². The SMILES string of the molecule is Cc1cnc(-n2ncc(C(=O)NC[C@@H]3COCCO3)c2-c2cccs2)nc1-c1ccc(F)cc1. The predicted molar refractivity (Wildman–Crippen MR) is 125 cm³/mol. The maximum Gasteiger partial charge on any atom is 0.255 e. The highest BCUT2D eigenvalue weighted by Crippen LogP contribution is 2.30. The molecule has 1 saturated heterocycles. The number of aryl methyl sites for hydroxylation is 1. The van der Waals surface area contributed by atoms with E-state index in [-0.39, 0.29) is 17.8 Å². The van der Waals surface area contributed by atoms with Gasteiger partial charge in [-0.15, -0.1) is 11.3 Å². The van der Waals surface area contributed by atoms with Crippen molar-refractivity contribution in [3.63, 3.8) is 0 Å². The van der Waals surface area contributed by atoms with Crippen molar-refractivity contribution in [3.05, 3.63) is 71.1 Å². The Kier molecular flexibility index (Phi) is 6.43. The molecular weight excluding hydrogens is 457 g/mol. The van der Waals surface area contributed by atoms with Gasteiger partial charge in [0.2, 0.25) is 0 Å². The molecule has 34 heavy (non-hydrogen) atoms. The van der Waals surface area contributed by atoms with E-state index in [1.807, 2.05) is 24.4 Å². The average Bonchev–Trinajstić information content (AvgIpc) is 3.54. The van der Waals surface area contributed by atoms with E-state index >= 15 is 0 Å². The second-order valence-electron chi connectivity index (χ2n) is 7.78. The van der Waals surface area contributed by atoms with E-state index in [0.29, 0.717) is 49.3 Å². The Balaban J connectivity index is 1.50. The average molecular weight is 480 g/mol. The molecular formula is C24H22FN5O3S. The number of nitrogens with one attached hydrogen (secondary N) is 1. The molecule has 0 bridgehead atoms. The van der Waals surface area contributed by atoms with Crippen molar-refractivity contribution < 1.29 is 18.7 Å². The lowest BCUT2D eigenvalue weighted by atomic mass is 10.1. The molecule has 1 amide bonds. The Morgan fingerprint density at radius 3 is 2.82 bits per heavy atom. The van der Waals surface area contributed by atoms with Gasteiger partial charge in [-0.05, 0) is 48.2 Å². The van der Waals surface area contributed by atoms with Crippen LogP contribution in [0.25, 0.3) is 27.8 Å². The summed E-state index contributed by atoms with van der Waals surface area (Å²) in [7, 11) is 0. The number of nitrogens with zero attached hydrogens (tertiary/aromatic N) is 4. The number of ether oxygens (including phenoxy) is 2. The number of amides is 1. The van der Waals surface area contributed by atoms with Crippen molar-refractivity contribution >= 4 is 17.2 Å². The molecule has 0 saturated carbocycles. The molecule has 1 aliphatic rings. The second-order valence-corrected chi connectivity index (χ2v) is 8.73. The van der Waals surface area contributed by atoms with Crippen LogP contribution >= 0.6 is 11.3 Å². The maximum atomic E-state index is 13.4. The van der Waals surface area contributed by atoms with Crippen molar-refractivity contribution in [3.8, 4) is 27.8 Å². The molecule has 8 nitrogen and oxygen atoms in total. The Labute approximate surface area is 199 Å². The van der Waals surface area contributed by atoms with Gasteiger partial charge in [-0.2, -0.15) is 9.78 Å². The standard InChI is InChI=1S/C24H22FN5O3S/c1-15-11-27-24(29-21(15)16-4-6-17(25)7-5-16)30-22(20-3-2-10-34-20)19(13-28-30)23(31)26-12-18-14-32-8-9-33-18/h2-7,10-11,13,18H,8-9,12,14H2,1H3,(H,26,31)/t18-/m1/s1. The topological polar surface area (TPSA) is 91.2 Å². The van der Waals surface area contributed by atoms with Crippen molar-refractivity contribution in [2.24, 2.45) is 0 Å². The summed E-state index contributed by atoms with van der Waals surface area (Å²) in [6, 6.07) is 9.96. The van der Waals surface area contributed by atoms with E-state index in [1.165, 1.54) is 29.7 Å². The van der Waals surface area contributed by atoms with Crippen LogP contribution in [0.1, 0.15) is 15.9 Å². The largest absolute Gasteiger partial charge is 0.376 e. The molecule has 5 rings (SSSR count). The summed E-state index contributed by atoms with van der Waals surface area (Å²) in [6.07, 6.45) is 3.03. The quantitative estimate of drug-likeness (QED) is 0.454.